The molecule has 1 heteroatoms. The molecule has 21 heavy (non-hydrogen) atoms. The van der Waals surface area contributed by atoms with Gasteiger partial charge in [0.25, 0.3) is 0 Å². The van der Waals surface area contributed by atoms with Gasteiger partial charge >= 0.3 is 0 Å². The monoisotopic (exact) mass is 362 g/mol. The van der Waals surface area contributed by atoms with Gasteiger partial charge in [-0.05, 0) is 23.7 Å². The van der Waals surface area contributed by atoms with Crippen LogP contribution in [-0.4, -0.2) is 0 Å². The molecule has 0 heterocycles. The van der Waals surface area contributed by atoms with Crippen LogP contribution in [-0.2, 0) is 0 Å². The van der Waals surface area contributed by atoms with Gasteiger partial charge in [0, 0.05) is 0 Å². The molecule has 0 fully saturated rings. The summed E-state index contributed by atoms with van der Waals surface area (Å²) in [5.74, 6) is 3.71. The highest BCUT2D eigenvalue weighted by Crippen LogP contribution is 2.22. The molecule has 0 spiro atoms. The lowest BCUT2D eigenvalue weighted by Gasteiger charge is -2.15. The minimum atomic E-state index is 0. The van der Waals surface area contributed by atoms with Crippen LogP contribution < -0.4 is 0 Å². The summed E-state index contributed by atoms with van der Waals surface area (Å²) in [5.41, 5.74) is 0. The fourth-order valence-electron chi connectivity index (χ4n) is 3.00. The normalized spacial score (nSPS) is 15.6. The molecular formula is C20H43Br. The van der Waals surface area contributed by atoms with Crippen molar-refractivity contribution in [3.8, 4) is 0 Å². The molecule has 0 saturated heterocycles. The maximum absolute atomic E-state index is 2.46. The molecule has 3 unspecified atom stereocenters. The lowest BCUT2D eigenvalue weighted by atomic mass is 9.91. The van der Waals surface area contributed by atoms with Gasteiger partial charge in [-0.15, -0.1) is 17.0 Å². The van der Waals surface area contributed by atoms with E-state index in [1.165, 1.54) is 64.2 Å². The van der Waals surface area contributed by atoms with E-state index in [0.29, 0.717) is 0 Å². The Bertz CT molecular complexity index is 200. The minimum absolute atomic E-state index is 0. The number of halogens is 1. The summed E-state index contributed by atoms with van der Waals surface area (Å²) in [6.45, 7) is 14.3. The zero-order valence-corrected chi connectivity index (χ0v) is 17.5. The third-order valence-electron chi connectivity index (χ3n) is 4.96. The Morgan fingerprint density at radius 2 is 0.857 bits per heavy atom. The van der Waals surface area contributed by atoms with Gasteiger partial charge in [0.1, 0.15) is 0 Å². The van der Waals surface area contributed by atoms with Crippen LogP contribution in [0.4, 0.5) is 0 Å². The molecule has 0 aromatic rings. The van der Waals surface area contributed by atoms with Crippen LogP contribution in [0.15, 0.2) is 0 Å². The zero-order valence-electron chi connectivity index (χ0n) is 15.8. The van der Waals surface area contributed by atoms with Crippen molar-refractivity contribution < 1.29 is 0 Å². The topological polar surface area (TPSA) is 0 Å². The summed E-state index contributed by atoms with van der Waals surface area (Å²) in [6, 6.07) is 0. The first-order valence-corrected chi connectivity index (χ1v) is 9.45. The van der Waals surface area contributed by atoms with Crippen LogP contribution in [0.1, 0.15) is 106 Å². The molecule has 0 nitrogen and oxygen atoms in total. The molecule has 3 atom stereocenters. The molecule has 0 saturated carbocycles. The van der Waals surface area contributed by atoms with E-state index in [2.05, 4.69) is 41.5 Å². The first-order valence-electron chi connectivity index (χ1n) is 9.45. The Morgan fingerprint density at radius 1 is 0.524 bits per heavy atom. The first-order chi connectivity index (χ1) is 9.45. The van der Waals surface area contributed by atoms with Crippen LogP contribution in [0.25, 0.3) is 0 Å². The molecule has 0 aromatic carbocycles. The molecular weight excluding hydrogens is 320 g/mol. The average Bonchev–Trinajstić information content (AvgIpc) is 2.38. The second-order valence-electron chi connectivity index (χ2n) is 7.91. The summed E-state index contributed by atoms with van der Waals surface area (Å²) < 4.78 is 0. The second kappa shape index (κ2) is 15.4. The van der Waals surface area contributed by atoms with Gasteiger partial charge in [0.15, 0.2) is 0 Å². The minimum Gasteiger partial charge on any atom is -0.114 e. The maximum Gasteiger partial charge on any atom is -0.0443 e. The SMILES string of the molecule is Br.CCC(C)CCCC(C)CCCC(C)CCCC(C)C. The molecule has 0 bridgehead atoms. The Balaban J connectivity index is 0. The van der Waals surface area contributed by atoms with E-state index >= 15 is 0 Å². The summed E-state index contributed by atoms with van der Waals surface area (Å²) in [4.78, 5) is 0. The lowest BCUT2D eigenvalue weighted by molar-refractivity contribution is 0.376. The smallest absolute Gasteiger partial charge is 0.0443 e. The standard InChI is InChI=1S/C20H42.BrH/c1-7-18(4)12-9-14-20(6)16-10-15-19(5)13-8-11-17(2)3;/h17-20H,7-16H2,1-6H3;1H. The van der Waals surface area contributed by atoms with E-state index in [1.807, 2.05) is 0 Å². The third-order valence-corrected chi connectivity index (χ3v) is 4.96. The van der Waals surface area contributed by atoms with Gasteiger partial charge in [-0.1, -0.05) is 106 Å². The summed E-state index contributed by atoms with van der Waals surface area (Å²) in [6.07, 6.45) is 14.3. The second-order valence-corrected chi connectivity index (χ2v) is 7.91. The van der Waals surface area contributed by atoms with E-state index in [4.69, 9.17) is 0 Å². The van der Waals surface area contributed by atoms with E-state index in [-0.39, 0.29) is 17.0 Å². The van der Waals surface area contributed by atoms with Crippen molar-refractivity contribution in [3.05, 3.63) is 0 Å². The van der Waals surface area contributed by atoms with Gasteiger partial charge in [0.2, 0.25) is 0 Å². The number of rotatable bonds is 13. The van der Waals surface area contributed by atoms with E-state index in [1.54, 1.807) is 0 Å². The van der Waals surface area contributed by atoms with E-state index in [0.717, 1.165) is 23.7 Å². The van der Waals surface area contributed by atoms with Crippen molar-refractivity contribution in [1.29, 1.82) is 0 Å². The largest absolute Gasteiger partial charge is 0.114 e. The highest BCUT2D eigenvalue weighted by atomic mass is 79.9. The summed E-state index contributed by atoms with van der Waals surface area (Å²) in [7, 11) is 0. The molecule has 0 aliphatic heterocycles. The average molecular weight is 363 g/mol. The lowest BCUT2D eigenvalue weighted by Crippen LogP contribution is -2.01. The van der Waals surface area contributed by atoms with E-state index in [9.17, 15) is 0 Å². The number of hydrogen-bond acceptors (Lipinski definition) is 0. The zero-order chi connectivity index (χ0) is 15.4. The van der Waals surface area contributed by atoms with Gasteiger partial charge in [-0.2, -0.15) is 0 Å². The molecule has 130 valence electrons. The van der Waals surface area contributed by atoms with Crippen molar-refractivity contribution in [2.45, 2.75) is 106 Å². The van der Waals surface area contributed by atoms with Gasteiger partial charge < -0.3 is 0 Å². The maximum atomic E-state index is 2.46. The summed E-state index contributed by atoms with van der Waals surface area (Å²) in [5, 5.41) is 0. The Kier molecular flexibility index (Phi) is 17.4. The molecule has 0 aromatic heterocycles. The van der Waals surface area contributed by atoms with Crippen molar-refractivity contribution in [1.82, 2.24) is 0 Å². The summed E-state index contributed by atoms with van der Waals surface area (Å²) >= 11 is 0. The molecule has 0 amide bonds. The van der Waals surface area contributed by atoms with Crippen molar-refractivity contribution in [2.24, 2.45) is 23.7 Å². The van der Waals surface area contributed by atoms with E-state index < -0.39 is 0 Å². The first kappa shape index (κ1) is 23.7. The van der Waals surface area contributed by atoms with Crippen LogP contribution in [0.2, 0.25) is 0 Å². The van der Waals surface area contributed by atoms with Crippen LogP contribution in [0.3, 0.4) is 0 Å². The van der Waals surface area contributed by atoms with Crippen molar-refractivity contribution in [2.75, 3.05) is 0 Å². The third kappa shape index (κ3) is 16.7. The van der Waals surface area contributed by atoms with Crippen molar-refractivity contribution >= 4 is 17.0 Å². The fraction of sp³-hybridized carbons (Fsp3) is 1.00. The van der Waals surface area contributed by atoms with Crippen LogP contribution >= 0.6 is 17.0 Å². The van der Waals surface area contributed by atoms with Gasteiger partial charge in [-0.25, -0.2) is 0 Å². The predicted molar refractivity (Wildman–Crippen MR) is 104 cm³/mol. The highest BCUT2D eigenvalue weighted by Gasteiger charge is 2.07. The number of hydrogen-bond donors (Lipinski definition) is 0. The highest BCUT2D eigenvalue weighted by molar-refractivity contribution is 8.93. The van der Waals surface area contributed by atoms with Crippen LogP contribution in [0, 0.1) is 23.7 Å². The van der Waals surface area contributed by atoms with Crippen molar-refractivity contribution in [3.63, 3.8) is 0 Å². The Labute approximate surface area is 146 Å². The molecule has 0 rings (SSSR count). The predicted octanol–water partition coefficient (Wildman–Crippen LogP) is 8.05. The fourth-order valence-corrected chi connectivity index (χ4v) is 3.00. The van der Waals surface area contributed by atoms with Crippen LogP contribution in [0.5, 0.6) is 0 Å². The molecule has 0 N–H and O–H groups in total. The molecule has 0 aliphatic rings. The molecule has 0 radical (unpaired) electrons. The molecule has 0 aliphatic carbocycles. The van der Waals surface area contributed by atoms with Gasteiger partial charge in [0.05, 0.1) is 0 Å². The quantitative estimate of drug-likeness (QED) is 0.310. The Morgan fingerprint density at radius 3 is 1.19 bits per heavy atom. The Hall–Kier alpha value is 0.480. The van der Waals surface area contributed by atoms with Gasteiger partial charge in [-0.3, -0.25) is 0 Å².